The van der Waals surface area contributed by atoms with Crippen molar-refractivity contribution in [1.82, 2.24) is 55.7 Å². The number of aliphatic hydroxyl groups is 1. The average molecular weight is 1480 g/mol. The van der Waals surface area contributed by atoms with Gasteiger partial charge in [-0.2, -0.15) is 0 Å². The molecule has 10 N–H and O–H groups in total. The van der Waals surface area contributed by atoms with E-state index < -0.39 is 108 Å². The second kappa shape index (κ2) is 42.4. The van der Waals surface area contributed by atoms with E-state index in [-0.39, 0.29) is 82.3 Å². The zero-order valence-electron chi connectivity index (χ0n) is 58.7. The molecule has 0 bridgehead atoms. The Morgan fingerprint density at radius 1 is 0.486 bits per heavy atom. The van der Waals surface area contributed by atoms with Crippen molar-refractivity contribution < 1.29 is 77.3 Å². The van der Waals surface area contributed by atoms with E-state index in [2.05, 4.69) is 47.7 Å². The molecule has 0 aliphatic rings. The van der Waals surface area contributed by atoms with E-state index in [1.807, 2.05) is 6.07 Å². The summed E-state index contributed by atoms with van der Waals surface area (Å²) in [5.74, 6) is -7.84. The first kappa shape index (κ1) is 81.1. The first-order chi connectivity index (χ1) is 50.6. The fourth-order valence-corrected chi connectivity index (χ4v) is 12.2. The average Bonchev–Trinajstić information content (AvgIpc) is 1.65. The van der Waals surface area contributed by atoms with Crippen LogP contribution in [0.4, 0.5) is 9.59 Å². The maximum Gasteiger partial charge on any atom is 0.408 e. The van der Waals surface area contributed by atoms with Gasteiger partial charge in [-0.1, -0.05) is 175 Å². The summed E-state index contributed by atoms with van der Waals surface area (Å²) in [5.41, 5.74) is 4.11. The van der Waals surface area contributed by atoms with Gasteiger partial charge < -0.3 is 67.1 Å². The van der Waals surface area contributed by atoms with Gasteiger partial charge in [-0.25, -0.2) is 9.59 Å². The van der Waals surface area contributed by atoms with E-state index in [0.717, 1.165) is 29.5 Å². The van der Waals surface area contributed by atoms with E-state index in [0.29, 0.717) is 45.1 Å². The van der Waals surface area contributed by atoms with Crippen molar-refractivity contribution in [2.45, 2.75) is 128 Å². The predicted molar refractivity (Wildman–Crippen MR) is 396 cm³/mol. The smallest absolute Gasteiger partial charge is 0.408 e. The Kier molecular flexibility index (Phi) is 32.7. The highest BCUT2D eigenvalue weighted by Crippen LogP contribution is 2.23. The third-order valence-corrected chi connectivity index (χ3v) is 18.8. The molecule has 0 radical (unpaired) electrons. The summed E-state index contributed by atoms with van der Waals surface area (Å²) in [6, 6.07) is 40.1. The summed E-state index contributed by atoms with van der Waals surface area (Å²) < 4.78 is 20.8. The highest BCUT2D eigenvalue weighted by Gasteiger charge is 2.37. The Morgan fingerprint density at radius 3 is 1.40 bits per heavy atom. The third kappa shape index (κ3) is 26.8. The maximum atomic E-state index is 15.6. The number of benzene rings is 6. The van der Waals surface area contributed by atoms with Crippen molar-refractivity contribution in [3.63, 3.8) is 0 Å². The van der Waals surface area contributed by atoms with E-state index >= 15 is 19.2 Å². The number of amides is 10. The molecule has 556 valence electrons. The zero-order chi connectivity index (χ0) is 75.6. The van der Waals surface area contributed by atoms with Crippen LogP contribution in [0.3, 0.4) is 0 Å². The van der Waals surface area contributed by atoms with Gasteiger partial charge in [0.1, 0.15) is 55.5 Å². The largest absolute Gasteiger partial charge is 0.493 e. The van der Waals surface area contributed by atoms with Crippen LogP contribution in [0.2, 0.25) is 0 Å². The number of aliphatic hydroxyl groups excluding tert-OH is 1. The van der Waals surface area contributed by atoms with Gasteiger partial charge in [-0.05, 0) is 89.5 Å². The Bertz CT molecular complexity index is 4050. The molecule has 8 atom stereocenters. The number of unbranched alkanes of at least 4 members (excludes halogenated alkanes) is 1. The van der Waals surface area contributed by atoms with Crippen LogP contribution < -0.4 is 42.5 Å². The molecule has 0 spiro atoms. The van der Waals surface area contributed by atoms with Crippen LogP contribution in [-0.4, -0.2) is 176 Å². The number of para-hydroxylation sites is 1. The summed E-state index contributed by atoms with van der Waals surface area (Å²) in [6.45, 7) is 3.92. The number of fused-ring (bicyclic) bond motifs is 1. The number of alkyl carbamates (subject to hydrolysis) is 2. The number of aromatic nitrogens is 1. The van der Waals surface area contributed by atoms with Crippen LogP contribution in [0.1, 0.15) is 73.4 Å². The molecule has 0 saturated carbocycles. The van der Waals surface area contributed by atoms with Gasteiger partial charge in [0, 0.05) is 76.8 Å². The van der Waals surface area contributed by atoms with Crippen molar-refractivity contribution >= 4 is 107 Å². The highest BCUT2D eigenvalue weighted by molar-refractivity contribution is 7.97. The number of hydrogen-bond acceptors (Lipinski definition) is 18. The molecular formula is C75H88N12O16S2. The monoisotopic (exact) mass is 1480 g/mol. The second-order valence-corrected chi connectivity index (χ2v) is 26.7. The molecule has 30 heteroatoms. The van der Waals surface area contributed by atoms with Crippen LogP contribution in [0.5, 0.6) is 0 Å². The lowest BCUT2D eigenvalue weighted by atomic mass is 10.0. The van der Waals surface area contributed by atoms with Gasteiger partial charge in [-0.3, -0.25) is 56.3 Å². The standard InChI is InChI=1S/C75H88N12O16S2/c1-49(101-43-54-29-15-8-16-30-54)66(73(97)81-64(72(96)84-100)47-105-86(5)51(3)90)83-67(91)59(36-23-24-38-76-74(98)102-44-55-31-17-9-18-32-55)77-70(94)62(41-57-42-87(48-88)65-37-22-21-35-58(57)65)79-68(92)60(39-52-25-11-6-12-26-52)78-71(95)63(46-104-85(4)50(2)89)80-69(93)61(40-53-27-13-7-14-28-53)82-75(99)103-45-56-33-19-10-20-34-56/h6-22,25-35,37,42,48-49,59-64,66,100H,23-24,36,38-41,43-47H2,1-5H3,(H,76,98)(H,77,94)(H,78,95)(H,79,92)(H,80,93)(H,81,97)(H,82,99)(H,83,91)(H,84,96). The summed E-state index contributed by atoms with van der Waals surface area (Å²) >= 11 is 1.76. The number of nitrogens with zero attached hydrogens (tertiary/aromatic N) is 4. The lowest BCUT2D eigenvalue weighted by Crippen LogP contribution is -2.62. The van der Waals surface area contributed by atoms with E-state index in [4.69, 9.17) is 14.2 Å². The van der Waals surface area contributed by atoms with E-state index in [9.17, 15) is 43.9 Å². The number of carbonyl (C=O) groups is 11. The molecule has 0 fully saturated rings. The SMILES string of the molecule is CC(=O)N(C)SCC(NC(=O)C(Cc1ccccc1)NC(=O)OCc1ccccc1)C(=O)NC(Cc1ccccc1)C(=O)NC(Cc1cn(C=O)c2ccccc12)C(=O)NC(CCCCNC(=O)OCc1ccccc1)C(=O)NC(C(=O)NC(CSN(C)C(C)=O)/C(O)=N\O)C(C)OCc1ccccc1. The molecule has 7 aromatic rings. The predicted octanol–water partition coefficient (Wildman–Crippen LogP) is 6.21. The van der Waals surface area contributed by atoms with Crippen LogP contribution in [0.25, 0.3) is 10.9 Å². The molecule has 1 heterocycles. The van der Waals surface area contributed by atoms with Crippen molar-refractivity contribution in [3.05, 3.63) is 216 Å². The van der Waals surface area contributed by atoms with Gasteiger partial charge >= 0.3 is 12.2 Å². The zero-order valence-corrected chi connectivity index (χ0v) is 60.4. The molecular weight excluding hydrogens is 1390 g/mol. The van der Waals surface area contributed by atoms with Gasteiger partial charge in [-0.15, -0.1) is 0 Å². The molecule has 105 heavy (non-hydrogen) atoms. The van der Waals surface area contributed by atoms with Gasteiger partial charge in [0.05, 0.1) is 18.2 Å². The summed E-state index contributed by atoms with van der Waals surface area (Å²) in [4.78, 5) is 154. The number of oxime groups is 1. The van der Waals surface area contributed by atoms with Gasteiger partial charge in [0.2, 0.25) is 59.6 Å². The van der Waals surface area contributed by atoms with Gasteiger partial charge in [0.25, 0.3) is 0 Å². The molecule has 0 saturated heterocycles. The van der Waals surface area contributed by atoms with E-state index in [1.54, 1.807) is 170 Å². The fraction of sp³-hybridized carbons (Fsp3) is 0.333. The molecule has 10 amide bonds. The molecule has 28 nitrogen and oxygen atoms in total. The highest BCUT2D eigenvalue weighted by atomic mass is 32.2. The van der Waals surface area contributed by atoms with Crippen LogP contribution in [0, 0.1) is 0 Å². The second-order valence-electron chi connectivity index (χ2n) is 24.4. The Hall–Kier alpha value is -11.2. The maximum absolute atomic E-state index is 15.6. The van der Waals surface area contributed by atoms with E-state index in [1.165, 1.54) is 54.2 Å². The third-order valence-electron chi connectivity index (χ3n) is 16.6. The number of nitrogens with one attached hydrogen (secondary N) is 8. The molecule has 1 aromatic heterocycles. The fourth-order valence-electron chi connectivity index (χ4n) is 10.6. The molecule has 0 aliphatic heterocycles. The van der Waals surface area contributed by atoms with Crippen LogP contribution >= 0.6 is 23.9 Å². The number of rotatable bonds is 40. The summed E-state index contributed by atoms with van der Waals surface area (Å²) in [6.07, 6.45) is -1.30. The van der Waals surface area contributed by atoms with Crippen molar-refractivity contribution in [2.75, 3.05) is 32.1 Å². The number of ether oxygens (including phenoxy) is 3. The minimum Gasteiger partial charge on any atom is -0.493 e. The number of carbonyl (C=O) groups excluding carboxylic acids is 11. The van der Waals surface area contributed by atoms with Crippen LogP contribution in [-0.2, 0) is 96.4 Å². The molecule has 0 aliphatic carbocycles. The summed E-state index contributed by atoms with van der Waals surface area (Å²) in [5, 5.41) is 45.6. The minimum atomic E-state index is -1.66. The molecule has 6 aromatic carbocycles. The first-order valence-corrected chi connectivity index (χ1v) is 35.6. The topological polar surface area (TPSA) is 376 Å². The van der Waals surface area contributed by atoms with Gasteiger partial charge in [0.15, 0.2) is 0 Å². The minimum absolute atomic E-state index is 0.0137. The number of hydrogen-bond donors (Lipinski definition) is 10. The Labute approximate surface area is 616 Å². The summed E-state index contributed by atoms with van der Waals surface area (Å²) in [7, 11) is 2.91. The lowest BCUT2D eigenvalue weighted by Gasteiger charge is -2.30. The Balaban J connectivity index is 1.23. The molecule has 7 rings (SSSR count). The lowest BCUT2D eigenvalue weighted by molar-refractivity contribution is -0.136. The normalized spacial score (nSPS) is 13.4. The molecule has 8 unspecified atom stereocenters. The van der Waals surface area contributed by atoms with Crippen molar-refractivity contribution in [1.29, 1.82) is 0 Å². The first-order valence-electron chi connectivity index (χ1n) is 33.8. The van der Waals surface area contributed by atoms with Crippen molar-refractivity contribution in [3.8, 4) is 0 Å². The van der Waals surface area contributed by atoms with Crippen LogP contribution in [0.15, 0.2) is 187 Å². The Morgan fingerprint density at radius 2 is 0.895 bits per heavy atom. The van der Waals surface area contributed by atoms with Crippen molar-refractivity contribution in [2.24, 2.45) is 5.16 Å². The quantitative estimate of drug-likeness (QED) is 0.00388.